The molecule has 1 N–H and O–H groups in total. The van der Waals surface area contributed by atoms with Gasteiger partial charge in [-0.15, -0.1) is 23.5 Å². The van der Waals surface area contributed by atoms with Gasteiger partial charge in [0.25, 0.3) is 0 Å². The summed E-state index contributed by atoms with van der Waals surface area (Å²) in [7, 11) is 3.75. The monoisotopic (exact) mass is 595 g/mol. The lowest BCUT2D eigenvalue weighted by molar-refractivity contribution is -0.107. The Balaban J connectivity index is 1.73. The van der Waals surface area contributed by atoms with Crippen LogP contribution in [0.3, 0.4) is 0 Å². The summed E-state index contributed by atoms with van der Waals surface area (Å²) < 4.78 is 15.1. The number of phenolic OH excluding ortho intramolecular Hbond substituents is 1. The number of amides is 1. The minimum absolute atomic E-state index is 0.0137. The first-order valence-corrected chi connectivity index (χ1v) is 15.9. The van der Waals surface area contributed by atoms with Gasteiger partial charge in [0.15, 0.2) is 0 Å². The van der Waals surface area contributed by atoms with Crippen molar-refractivity contribution in [2.24, 2.45) is 0 Å². The van der Waals surface area contributed by atoms with E-state index in [0.717, 1.165) is 48.2 Å². The maximum Gasteiger partial charge on any atom is 0.218 e. The molecule has 0 aliphatic carbocycles. The van der Waals surface area contributed by atoms with Crippen LogP contribution in [0.25, 0.3) is 22.3 Å². The number of hydrogen-bond acceptors (Lipinski definition) is 8. The first-order valence-electron chi connectivity index (χ1n) is 13.5. The molecular weight excluding hydrogens is 558 g/mol. The topological polar surface area (TPSA) is 63.2 Å². The number of carbonyl (C=O) groups is 1. The predicted molar refractivity (Wildman–Crippen MR) is 171 cm³/mol. The Morgan fingerprint density at radius 2 is 1.66 bits per heavy atom. The lowest BCUT2D eigenvalue weighted by atomic mass is 9.97. The molecule has 0 unspecified atom stereocenters. The number of halogens is 1. The minimum atomic E-state index is -0.452. The molecule has 0 radical (unpaired) electrons. The number of carbonyl (C=O) groups excluding carboxylic acids is 1. The summed E-state index contributed by atoms with van der Waals surface area (Å²) in [5, 5.41) is 12.4. The molecule has 7 nitrogen and oxygen atoms in total. The van der Waals surface area contributed by atoms with Crippen molar-refractivity contribution in [1.82, 2.24) is 14.8 Å². The van der Waals surface area contributed by atoms with Crippen molar-refractivity contribution in [3.8, 4) is 28.0 Å². The summed E-state index contributed by atoms with van der Waals surface area (Å²) >= 11 is 3.05. The minimum Gasteiger partial charge on any atom is -0.507 e. The van der Waals surface area contributed by atoms with Gasteiger partial charge in [-0.2, -0.15) is 0 Å². The number of hydrogen-bond donors (Lipinski definition) is 1. The van der Waals surface area contributed by atoms with Gasteiger partial charge in [0.05, 0.1) is 11.4 Å². The summed E-state index contributed by atoms with van der Waals surface area (Å²) in [6.45, 7) is 8.11. The van der Waals surface area contributed by atoms with Gasteiger partial charge in [0.1, 0.15) is 16.6 Å². The normalized spacial score (nSPS) is 14.2. The smallest absolute Gasteiger partial charge is 0.218 e. The molecule has 0 bridgehead atoms. The first kappa shape index (κ1) is 30.7. The SMILES string of the molecule is CSc1cc(-c2cc(F)cc(-c3cnc(SC)c(N4CCN(C(C)C)CC4)c3)c2O)ccc1N(C=O)/C=C\N(C)C. The van der Waals surface area contributed by atoms with Crippen LogP contribution in [-0.4, -0.2) is 85.1 Å². The van der Waals surface area contributed by atoms with Gasteiger partial charge in [0, 0.05) is 86.5 Å². The second-order valence-corrected chi connectivity index (χ2v) is 12.0. The van der Waals surface area contributed by atoms with E-state index >= 15 is 4.39 Å². The third-order valence-electron chi connectivity index (χ3n) is 7.20. The number of rotatable bonds is 10. The number of aromatic nitrogens is 1. The molecule has 41 heavy (non-hydrogen) atoms. The van der Waals surface area contributed by atoms with Gasteiger partial charge < -0.3 is 14.9 Å². The Kier molecular flexibility index (Phi) is 10.2. The molecule has 4 rings (SSSR count). The fraction of sp³-hybridized carbons (Fsp3) is 0.355. The zero-order valence-electron chi connectivity index (χ0n) is 24.5. The highest BCUT2D eigenvalue weighted by Gasteiger charge is 2.23. The molecule has 2 heterocycles. The quantitative estimate of drug-likeness (QED) is 0.219. The van der Waals surface area contributed by atoms with E-state index in [9.17, 15) is 9.90 Å². The maximum atomic E-state index is 15.1. The molecule has 1 fully saturated rings. The van der Waals surface area contributed by atoms with Crippen molar-refractivity contribution in [1.29, 1.82) is 0 Å². The van der Waals surface area contributed by atoms with Gasteiger partial charge in [-0.3, -0.25) is 14.6 Å². The Labute approximate surface area is 251 Å². The molecule has 1 aromatic heterocycles. The van der Waals surface area contributed by atoms with Crippen LogP contribution < -0.4 is 9.80 Å². The third kappa shape index (κ3) is 6.99. The van der Waals surface area contributed by atoms with E-state index in [4.69, 9.17) is 4.98 Å². The van der Waals surface area contributed by atoms with Crippen molar-refractivity contribution < 1.29 is 14.3 Å². The molecule has 3 aromatic rings. The first-order chi connectivity index (χ1) is 19.7. The molecule has 218 valence electrons. The van der Waals surface area contributed by atoms with Crippen molar-refractivity contribution in [2.45, 2.75) is 29.8 Å². The average Bonchev–Trinajstić information content (AvgIpc) is 2.98. The molecule has 1 aliphatic heterocycles. The van der Waals surface area contributed by atoms with Gasteiger partial charge in [-0.25, -0.2) is 9.37 Å². The van der Waals surface area contributed by atoms with E-state index in [1.165, 1.54) is 28.8 Å². The Morgan fingerprint density at radius 1 is 0.976 bits per heavy atom. The molecule has 0 atom stereocenters. The molecule has 1 aliphatic rings. The van der Waals surface area contributed by atoms with E-state index in [0.29, 0.717) is 34.0 Å². The Morgan fingerprint density at radius 3 is 2.24 bits per heavy atom. The van der Waals surface area contributed by atoms with Crippen molar-refractivity contribution in [2.75, 3.05) is 62.6 Å². The highest BCUT2D eigenvalue weighted by atomic mass is 32.2. The second kappa shape index (κ2) is 13.6. The number of aromatic hydroxyl groups is 1. The molecule has 0 saturated carbocycles. The van der Waals surface area contributed by atoms with Crippen molar-refractivity contribution >= 4 is 41.3 Å². The van der Waals surface area contributed by atoms with Crippen LogP contribution >= 0.6 is 23.5 Å². The standard InChI is InChI=1S/C31H38FN5O2S2/c1-21(2)35-11-13-36(14-12-35)28-15-23(19-33-31(28)41-6)26-18-24(32)17-25(30(26)39)22-7-8-27(29(16-22)40-5)37(20-38)10-9-34(3)4/h7-10,15-21,39H,11-14H2,1-6H3/b10-9-. The van der Waals surface area contributed by atoms with Crippen molar-refractivity contribution in [3.05, 3.63) is 60.8 Å². The fourth-order valence-electron chi connectivity index (χ4n) is 4.93. The van der Waals surface area contributed by atoms with E-state index in [1.54, 1.807) is 36.4 Å². The summed E-state index contributed by atoms with van der Waals surface area (Å²) in [6, 6.07) is 10.7. The van der Waals surface area contributed by atoms with Crippen molar-refractivity contribution in [3.63, 3.8) is 0 Å². The highest BCUT2D eigenvalue weighted by molar-refractivity contribution is 7.99. The van der Waals surface area contributed by atoms with E-state index < -0.39 is 5.82 Å². The molecule has 1 amide bonds. The number of anilines is 2. The fourth-order valence-corrected chi connectivity index (χ4v) is 6.11. The molecule has 2 aromatic carbocycles. The number of nitrogens with zero attached hydrogens (tertiary/aromatic N) is 5. The van der Waals surface area contributed by atoms with E-state index in [1.807, 2.05) is 49.7 Å². The second-order valence-electron chi connectivity index (χ2n) is 10.4. The summed E-state index contributed by atoms with van der Waals surface area (Å²) in [5.41, 5.74) is 3.77. The summed E-state index contributed by atoms with van der Waals surface area (Å²) in [4.78, 5) is 25.4. The van der Waals surface area contributed by atoms with Crippen LogP contribution in [-0.2, 0) is 4.79 Å². The lowest BCUT2D eigenvalue weighted by Gasteiger charge is -2.38. The summed E-state index contributed by atoms with van der Waals surface area (Å²) in [5.74, 6) is -0.465. The maximum absolute atomic E-state index is 15.1. The van der Waals surface area contributed by atoms with Gasteiger partial charge >= 0.3 is 0 Å². The predicted octanol–water partition coefficient (Wildman–Crippen LogP) is 6.23. The van der Waals surface area contributed by atoms with Gasteiger partial charge in [0.2, 0.25) is 6.41 Å². The van der Waals surface area contributed by atoms with Crippen LogP contribution in [0.1, 0.15) is 13.8 Å². The van der Waals surface area contributed by atoms with E-state index in [-0.39, 0.29) is 5.75 Å². The average molecular weight is 596 g/mol. The largest absolute Gasteiger partial charge is 0.507 e. The number of benzene rings is 2. The number of pyridine rings is 1. The number of thioether (sulfide) groups is 2. The molecule has 0 spiro atoms. The van der Waals surface area contributed by atoms with Gasteiger partial charge in [-0.05, 0) is 62.3 Å². The Hall–Kier alpha value is -3.21. The molecule has 1 saturated heterocycles. The Bertz CT molecular complexity index is 1410. The zero-order valence-corrected chi connectivity index (χ0v) is 26.1. The number of piperazine rings is 1. The summed E-state index contributed by atoms with van der Waals surface area (Å²) in [6.07, 6.45) is 9.84. The van der Waals surface area contributed by atoms with Crippen LogP contribution in [0.15, 0.2) is 64.9 Å². The van der Waals surface area contributed by atoms with E-state index in [2.05, 4.69) is 23.6 Å². The molecular formula is C31H38FN5O2S2. The van der Waals surface area contributed by atoms with Crippen LogP contribution in [0.5, 0.6) is 5.75 Å². The molecule has 10 heteroatoms. The zero-order chi connectivity index (χ0) is 29.7. The third-order valence-corrected chi connectivity index (χ3v) is 8.67. The van der Waals surface area contributed by atoms with Crippen LogP contribution in [0.2, 0.25) is 0 Å². The highest BCUT2D eigenvalue weighted by Crippen LogP contribution is 2.43. The van der Waals surface area contributed by atoms with Crippen LogP contribution in [0, 0.1) is 5.82 Å². The van der Waals surface area contributed by atoms with Gasteiger partial charge in [-0.1, -0.05) is 6.07 Å². The lowest BCUT2D eigenvalue weighted by Crippen LogP contribution is -2.49. The van der Waals surface area contributed by atoms with Crippen LogP contribution in [0.4, 0.5) is 15.8 Å². The number of phenols is 1.